The number of benzene rings is 1. The molecule has 0 unspecified atom stereocenters. The van der Waals surface area contributed by atoms with Crippen LogP contribution in [-0.4, -0.2) is 69.5 Å². The summed E-state index contributed by atoms with van der Waals surface area (Å²) in [5.74, 6) is 2.55. The number of urea groups is 1. The second-order valence-corrected chi connectivity index (χ2v) is 8.07. The lowest BCUT2D eigenvalue weighted by atomic mass is 10.1. The zero-order valence-electron chi connectivity index (χ0n) is 14.9. The molecule has 0 aliphatic carbocycles. The van der Waals surface area contributed by atoms with E-state index in [0.717, 1.165) is 43.1 Å². The van der Waals surface area contributed by atoms with Crippen molar-refractivity contribution in [3.8, 4) is 11.3 Å². The average molecular weight is 372 g/mol. The molecule has 0 atom stereocenters. The molecule has 2 aromatic rings. The fourth-order valence-electron chi connectivity index (χ4n) is 3.72. The van der Waals surface area contributed by atoms with Crippen molar-refractivity contribution in [2.24, 2.45) is 0 Å². The maximum Gasteiger partial charge on any atom is 0.321 e. The molecule has 3 heterocycles. The van der Waals surface area contributed by atoms with Gasteiger partial charge in [0.05, 0.1) is 18.2 Å². The van der Waals surface area contributed by atoms with E-state index in [4.69, 9.17) is 0 Å². The molecule has 2 N–H and O–H groups in total. The third kappa shape index (κ3) is 4.04. The first-order valence-electron chi connectivity index (χ1n) is 9.26. The van der Waals surface area contributed by atoms with Gasteiger partial charge in [-0.15, -0.1) is 0 Å². The maximum atomic E-state index is 12.6. The number of imidazole rings is 1. The Bertz CT molecular complexity index is 721. The molecule has 1 aromatic carbocycles. The van der Waals surface area contributed by atoms with Crippen LogP contribution in [0.5, 0.6) is 0 Å². The van der Waals surface area contributed by atoms with E-state index < -0.39 is 0 Å². The van der Waals surface area contributed by atoms with E-state index in [1.807, 2.05) is 29.2 Å². The zero-order valence-corrected chi connectivity index (χ0v) is 15.7. The van der Waals surface area contributed by atoms with E-state index in [0.29, 0.717) is 6.04 Å². The van der Waals surface area contributed by atoms with Gasteiger partial charge in [0, 0.05) is 43.5 Å². The van der Waals surface area contributed by atoms with Gasteiger partial charge in [-0.1, -0.05) is 12.1 Å². The van der Waals surface area contributed by atoms with Crippen molar-refractivity contribution in [3.05, 3.63) is 36.8 Å². The van der Waals surface area contributed by atoms with Crippen molar-refractivity contribution in [2.75, 3.05) is 43.0 Å². The quantitative estimate of drug-likeness (QED) is 0.870. The second-order valence-electron chi connectivity index (χ2n) is 6.84. The first-order chi connectivity index (χ1) is 12.8. The molecule has 6 nitrogen and oxygen atoms in total. The number of thioether (sulfide) groups is 1. The highest BCUT2D eigenvalue weighted by atomic mass is 32.2. The highest BCUT2D eigenvalue weighted by Crippen LogP contribution is 2.23. The normalized spacial score (nSPS) is 19.5. The van der Waals surface area contributed by atoms with Crippen LogP contribution >= 0.6 is 11.8 Å². The van der Waals surface area contributed by atoms with E-state index in [9.17, 15) is 4.79 Å². The highest BCUT2D eigenvalue weighted by molar-refractivity contribution is 7.99. The molecule has 0 bridgehead atoms. The van der Waals surface area contributed by atoms with Crippen LogP contribution in [0.15, 0.2) is 36.8 Å². The first kappa shape index (κ1) is 17.4. The van der Waals surface area contributed by atoms with Crippen LogP contribution in [0, 0.1) is 0 Å². The van der Waals surface area contributed by atoms with Gasteiger partial charge in [-0.25, -0.2) is 9.78 Å². The molecule has 1 aromatic heterocycles. The van der Waals surface area contributed by atoms with Gasteiger partial charge in [-0.3, -0.25) is 4.90 Å². The number of piperazine rings is 1. The van der Waals surface area contributed by atoms with Crippen molar-refractivity contribution >= 4 is 23.5 Å². The fraction of sp³-hybridized carbons (Fsp3) is 0.474. The Kier molecular flexibility index (Phi) is 5.45. The van der Waals surface area contributed by atoms with Crippen molar-refractivity contribution in [1.29, 1.82) is 0 Å². The van der Waals surface area contributed by atoms with Gasteiger partial charge in [-0.2, -0.15) is 11.8 Å². The Hall–Kier alpha value is -1.99. The summed E-state index contributed by atoms with van der Waals surface area (Å²) in [6.07, 6.45) is 6.02. The Morgan fingerprint density at radius 2 is 2.00 bits per heavy atom. The third-order valence-corrected chi connectivity index (χ3v) is 6.28. The molecule has 138 valence electrons. The monoisotopic (exact) mass is 371 g/mol. The molecule has 2 amide bonds. The summed E-state index contributed by atoms with van der Waals surface area (Å²) in [6, 6.07) is 8.56. The molecule has 0 radical (unpaired) electrons. The molecule has 0 spiro atoms. The van der Waals surface area contributed by atoms with Gasteiger partial charge in [0.2, 0.25) is 0 Å². The summed E-state index contributed by atoms with van der Waals surface area (Å²) in [7, 11) is 0. The Morgan fingerprint density at radius 1 is 1.19 bits per heavy atom. The van der Waals surface area contributed by atoms with Crippen LogP contribution in [0.25, 0.3) is 11.3 Å². The van der Waals surface area contributed by atoms with Gasteiger partial charge in [0.1, 0.15) is 0 Å². The Morgan fingerprint density at radius 3 is 2.73 bits per heavy atom. The summed E-state index contributed by atoms with van der Waals surface area (Å²) in [6.45, 7) is 3.57. The smallest absolute Gasteiger partial charge is 0.321 e. The number of hydrogen-bond acceptors (Lipinski definition) is 4. The molecule has 2 aliphatic rings. The number of hydrogen-bond donors (Lipinski definition) is 2. The molecular weight excluding hydrogens is 346 g/mol. The van der Waals surface area contributed by atoms with E-state index in [2.05, 4.69) is 31.9 Å². The van der Waals surface area contributed by atoms with E-state index >= 15 is 0 Å². The zero-order chi connectivity index (χ0) is 17.8. The summed E-state index contributed by atoms with van der Waals surface area (Å²) < 4.78 is 0. The Balaban J connectivity index is 1.32. The lowest BCUT2D eigenvalue weighted by Crippen LogP contribution is -2.53. The predicted molar refractivity (Wildman–Crippen MR) is 107 cm³/mol. The lowest BCUT2D eigenvalue weighted by molar-refractivity contribution is 0.108. The summed E-state index contributed by atoms with van der Waals surface area (Å²) in [4.78, 5) is 24.3. The van der Waals surface area contributed by atoms with Crippen LogP contribution in [0.3, 0.4) is 0 Å². The van der Waals surface area contributed by atoms with Gasteiger partial charge in [0.15, 0.2) is 0 Å². The molecule has 4 rings (SSSR count). The number of H-pyrrole nitrogens is 1. The van der Waals surface area contributed by atoms with Gasteiger partial charge < -0.3 is 15.2 Å². The van der Waals surface area contributed by atoms with Gasteiger partial charge in [0.25, 0.3) is 0 Å². The minimum absolute atomic E-state index is 0.00869. The standard InChI is InChI=1S/C19H25N5OS/c25-19(22-16-3-1-2-15(12-16)18-13-20-14-21-18)24-8-6-23(7-9-24)17-4-10-26-11-5-17/h1-3,12-14,17H,4-11H2,(H,20,21)(H,22,25). The molecule has 26 heavy (non-hydrogen) atoms. The van der Waals surface area contributed by atoms with Crippen LogP contribution in [0.1, 0.15) is 12.8 Å². The first-order valence-corrected chi connectivity index (χ1v) is 10.4. The average Bonchev–Trinajstić information content (AvgIpc) is 3.24. The molecule has 2 fully saturated rings. The van der Waals surface area contributed by atoms with Crippen LogP contribution < -0.4 is 5.32 Å². The van der Waals surface area contributed by atoms with Crippen molar-refractivity contribution < 1.29 is 4.79 Å². The number of carbonyl (C=O) groups is 1. The second kappa shape index (κ2) is 8.14. The summed E-state index contributed by atoms with van der Waals surface area (Å²) >= 11 is 2.06. The maximum absolute atomic E-state index is 12.6. The van der Waals surface area contributed by atoms with E-state index in [1.54, 1.807) is 12.5 Å². The molecule has 2 saturated heterocycles. The van der Waals surface area contributed by atoms with E-state index in [-0.39, 0.29) is 6.03 Å². The third-order valence-electron chi connectivity index (χ3n) is 5.23. The molecular formula is C19H25N5OS. The van der Waals surface area contributed by atoms with Crippen LogP contribution in [-0.2, 0) is 0 Å². The van der Waals surface area contributed by atoms with Crippen molar-refractivity contribution in [2.45, 2.75) is 18.9 Å². The SMILES string of the molecule is O=C(Nc1cccc(-c2cnc[nH]2)c1)N1CCN(C2CCSCC2)CC1. The number of anilines is 1. The summed E-state index contributed by atoms with van der Waals surface area (Å²) in [5.41, 5.74) is 2.77. The largest absolute Gasteiger partial charge is 0.345 e. The van der Waals surface area contributed by atoms with Crippen LogP contribution in [0.4, 0.5) is 10.5 Å². The van der Waals surface area contributed by atoms with Crippen molar-refractivity contribution in [3.63, 3.8) is 0 Å². The Labute approximate surface area is 158 Å². The highest BCUT2D eigenvalue weighted by Gasteiger charge is 2.27. The van der Waals surface area contributed by atoms with E-state index in [1.165, 1.54) is 24.3 Å². The van der Waals surface area contributed by atoms with Gasteiger partial charge in [-0.05, 0) is 36.5 Å². The molecule has 0 saturated carbocycles. The predicted octanol–water partition coefficient (Wildman–Crippen LogP) is 3.12. The molecule has 2 aliphatic heterocycles. The number of rotatable bonds is 3. The minimum atomic E-state index is -0.00869. The lowest BCUT2D eigenvalue weighted by Gasteiger charge is -2.40. The fourth-order valence-corrected chi connectivity index (χ4v) is 4.80. The topological polar surface area (TPSA) is 64.3 Å². The van der Waals surface area contributed by atoms with Crippen molar-refractivity contribution in [1.82, 2.24) is 19.8 Å². The number of amides is 2. The number of nitrogens with one attached hydrogen (secondary N) is 2. The van der Waals surface area contributed by atoms with Crippen LogP contribution in [0.2, 0.25) is 0 Å². The number of aromatic nitrogens is 2. The number of aromatic amines is 1. The number of nitrogens with zero attached hydrogens (tertiary/aromatic N) is 3. The summed E-state index contributed by atoms with van der Waals surface area (Å²) in [5, 5.41) is 3.04. The van der Waals surface area contributed by atoms with Gasteiger partial charge >= 0.3 is 6.03 Å². The minimum Gasteiger partial charge on any atom is -0.345 e. The molecule has 7 heteroatoms. The number of carbonyl (C=O) groups excluding carboxylic acids is 1.